The lowest BCUT2D eigenvalue weighted by atomic mass is 10.0. The average molecular weight is 260 g/mol. The van der Waals surface area contributed by atoms with Crippen molar-refractivity contribution in [2.24, 2.45) is 5.73 Å². The molecule has 0 heterocycles. The molecule has 0 radical (unpaired) electrons. The fraction of sp³-hybridized carbons (Fsp3) is 0.222. The van der Waals surface area contributed by atoms with Crippen LogP contribution in [0, 0.1) is 6.92 Å². The number of phenolic OH excluding ortho intramolecular Hbond substituents is 1. The first-order chi connectivity index (χ1) is 6.43. The molecule has 14 heavy (non-hydrogen) atoms. The third kappa shape index (κ3) is 2.05. The summed E-state index contributed by atoms with van der Waals surface area (Å²) in [5.74, 6) is -1.29. The highest BCUT2D eigenvalue weighted by atomic mass is 79.9. The number of halogens is 1. The Labute approximate surface area is 89.5 Å². The second-order valence-corrected chi connectivity index (χ2v) is 3.85. The molecule has 0 saturated heterocycles. The van der Waals surface area contributed by atoms with Gasteiger partial charge in [-0.1, -0.05) is 6.07 Å². The molecular weight excluding hydrogens is 250 g/mol. The summed E-state index contributed by atoms with van der Waals surface area (Å²) in [7, 11) is 0. The molecule has 5 heteroatoms. The molecule has 1 rings (SSSR count). The van der Waals surface area contributed by atoms with Crippen LogP contribution in [0.1, 0.15) is 17.2 Å². The number of nitrogens with two attached hydrogens (primary N) is 1. The first-order valence-corrected chi connectivity index (χ1v) is 4.70. The second kappa shape index (κ2) is 3.98. The zero-order valence-corrected chi connectivity index (χ0v) is 9.08. The maximum absolute atomic E-state index is 10.6. The summed E-state index contributed by atoms with van der Waals surface area (Å²) in [5.41, 5.74) is 6.44. The molecule has 0 aliphatic rings. The van der Waals surface area contributed by atoms with Crippen LogP contribution in [0.3, 0.4) is 0 Å². The lowest BCUT2D eigenvalue weighted by Gasteiger charge is -2.11. The van der Waals surface area contributed by atoms with Gasteiger partial charge in [0, 0.05) is 5.56 Å². The Hall–Kier alpha value is -1.07. The predicted molar refractivity (Wildman–Crippen MR) is 55.1 cm³/mol. The van der Waals surface area contributed by atoms with Crippen LogP contribution in [0.5, 0.6) is 5.75 Å². The summed E-state index contributed by atoms with van der Waals surface area (Å²) >= 11 is 3.12. The van der Waals surface area contributed by atoms with Gasteiger partial charge in [0.15, 0.2) is 0 Å². The number of carboxylic acids is 1. The summed E-state index contributed by atoms with van der Waals surface area (Å²) < 4.78 is 0.448. The highest BCUT2D eigenvalue weighted by Crippen LogP contribution is 2.32. The Bertz CT molecular complexity index is 379. The second-order valence-electron chi connectivity index (χ2n) is 3.00. The Morgan fingerprint density at radius 3 is 2.64 bits per heavy atom. The standard InChI is InChI=1S/C9H10BrNO3/c1-4-2-5(7(11)9(13)14)8(12)6(10)3-4/h2-3,7,12H,11H2,1H3,(H,13,14)/t7-/m0/s1. The minimum absolute atomic E-state index is 0.120. The first kappa shape index (κ1) is 11.0. The van der Waals surface area contributed by atoms with Gasteiger partial charge in [-0.05, 0) is 34.5 Å². The minimum atomic E-state index is -1.20. The molecule has 1 atom stereocenters. The molecule has 0 bridgehead atoms. The van der Waals surface area contributed by atoms with Crippen molar-refractivity contribution in [1.29, 1.82) is 0 Å². The molecule has 4 N–H and O–H groups in total. The molecule has 1 aromatic rings. The summed E-state index contributed by atoms with van der Waals surface area (Å²) in [6.07, 6.45) is 0. The van der Waals surface area contributed by atoms with Gasteiger partial charge in [-0.15, -0.1) is 0 Å². The number of carboxylic acid groups (broad SMARTS) is 1. The van der Waals surface area contributed by atoms with Gasteiger partial charge in [-0.25, -0.2) is 0 Å². The number of benzene rings is 1. The summed E-state index contributed by atoms with van der Waals surface area (Å²) in [6, 6.07) is 2.04. The summed E-state index contributed by atoms with van der Waals surface area (Å²) in [6.45, 7) is 1.79. The summed E-state index contributed by atoms with van der Waals surface area (Å²) in [4.78, 5) is 10.6. The van der Waals surface area contributed by atoms with Crippen LogP contribution >= 0.6 is 15.9 Å². The monoisotopic (exact) mass is 259 g/mol. The van der Waals surface area contributed by atoms with E-state index < -0.39 is 12.0 Å². The van der Waals surface area contributed by atoms with E-state index in [0.717, 1.165) is 5.56 Å². The zero-order chi connectivity index (χ0) is 10.9. The number of hydrogen-bond acceptors (Lipinski definition) is 3. The van der Waals surface area contributed by atoms with Gasteiger partial charge in [0.25, 0.3) is 0 Å². The van der Waals surface area contributed by atoms with E-state index in [2.05, 4.69) is 15.9 Å². The fourth-order valence-electron chi connectivity index (χ4n) is 1.13. The molecule has 0 unspecified atom stereocenters. The number of aromatic hydroxyl groups is 1. The van der Waals surface area contributed by atoms with E-state index in [9.17, 15) is 9.90 Å². The van der Waals surface area contributed by atoms with Crippen LogP contribution in [-0.4, -0.2) is 16.2 Å². The van der Waals surface area contributed by atoms with Crippen molar-refractivity contribution in [3.63, 3.8) is 0 Å². The van der Waals surface area contributed by atoms with Crippen molar-refractivity contribution in [2.75, 3.05) is 0 Å². The van der Waals surface area contributed by atoms with Crippen molar-refractivity contribution in [3.8, 4) is 5.75 Å². The smallest absolute Gasteiger partial charge is 0.325 e. The zero-order valence-electron chi connectivity index (χ0n) is 7.49. The van der Waals surface area contributed by atoms with E-state index in [1.807, 2.05) is 0 Å². The average Bonchev–Trinajstić information content (AvgIpc) is 2.09. The molecule has 1 aromatic carbocycles. The Morgan fingerprint density at radius 2 is 2.14 bits per heavy atom. The van der Waals surface area contributed by atoms with Crippen LogP contribution < -0.4 is 5.73 Å². The van der Waals surface area contributed by atoms with Crippen molar-refractivity contribution in [1.82, 2.24) is 0 Å². The molecule has 76 valence electrons. The molecule has 0 saturated carbocycles. The van der Waals surface area contributed by atoms with E-state index in [0.29, 0.717) is 4.47 Å². The Kier molecular flexibility index (Phi) is 3.13. The molecule has 4 nitrogen and oxygen atoms in total. The predicted octanol–water partition coefficient (Wildman–Crippen LogP) is 1.55. The lowest BCUT2D eigenvalue weighted by molar-refractivity contribution is -0.138. The van der Waals surface area contributed by atoms with Crippen LogP contribution in [-0.2, 0) is 4.79 Å². The third-order valence-electron chi connectivity index (χ3n) is 1.84. The number of phenols is 1. The molecular formula is C9H10BrNO3. The quantitative estimate of drug-likeness (QED) is 0.753. The number of aliphatic carboxylic acids is 1. The molecule has 0 aliphatic carbocycles. The Morgan fingerprint density at radius 1 is 1.57 bits per heavy atom. The van der Waals surface area contributed by atoms with E-state index in [-0.39, 0.29) is 11.3 Å². The van der Waals surface area contributed by atoms with Crippen LogP contribution in [0.15, 0.2) is 16.6 Å². The fourth-order valence-corrected chi connectivity index (χ4v) is 1.72. The van der Waals surface area contributed by atoms with Gasteiger partial charge >= 0.3 is 5.97 Å². The number of carbonyl (C=O) groups is 1. The van der Waals surface area contributed by atoms with Gasteiger partial charge in [-0.2, -0.15) is 0 Å². The van der Waals surface area contributed by atoms with E-state index in [4.69, 9.17) is 10.8 Å². The van der Waals surface area contributed by atoms with E-state index in [1.165, 1.54) is 0 Å². The maximum Gasteiger partial charge on any atom is 0.325 e. The molecule has 0 aromatic heterocycles. The molecule has 0 fully saturated rings. The molecule has 0 spiro atoms. The van der Waals surface area contributed by atoms with E-state index in [1.54, 1.807) is 19.1 Å². The van der Waals surface area contributed by atoms with Gasteiger partial charge in [-0.3, -0.25) is 4.79 Å². The third-order valence-corrected chi connectivity index (χ3v) is 2.44. The molecule has 0 amide bonds. The SMILES string of the molecule is Cc1cc(Br)c(O)c([C@H](N)C(=O)O)c1. The van der Waals surface area contributed by atoms with Gasteiger partial charge < -0.3 is 15.9 Å². The van der Waals surface area contributed by atoms with E-state index >= 15 is 0 Å². The number of hydrogen-bond donors (Lipinski definition) is 3. The first-order valence-electron chi connectivity index (χ1n) is 3.91. The highest BCUT2D eigenvalue weighted by Gasteiger charge is 2.19. The highest BCUT2D eigenvalue weighted by molar-refractivity contribution is 9.10. The lowest BCUT2D eigenvalue weighted by Crippen LogP contribution is -2.20. The van der Waals surface area contributed by atoms with Gasteiger partial charge in [0.05, 0.1) is 4.47 Å². The van der Waals surface area contributed by atoms with Crippen molar-refractivity contribution >= 4 is 21.9 Å². The normalized spacial score (nSPS) is 12.5. The largest absolute Gasteiger partial charge is 0.506 e. The van der Waals surface area contributed by atoms with Crippen LogP contribution in [0.4, 0.5) is 0 Å². The summed E-state index contributed by atoms with van der Waals surface area (Å²) in [5, 5.41) is 18.2. The Balaban J connectivity index is 3.26. The number of rotatable bonds is 2. The van der Waals surface area contributed by atoms with Gasteiger partial charge in [0.1, 0.15) is 11.8 Å². The molecule has 0 aliphatic heterocycles. The van der Waals surface area contributed by atoms with Crippen LogP contribution in [0.2, 0.25) is 0 Å². The van der Waals surface area contributed by atoms with Crippen LogP contribution in [0.25, 0.3) is 0 Å². The topological polar surface area (TPSA) is 83.5 Å². The maximum atomic E-state index is 10.6. The minimum Gasteiger partial charge on any atom is -0.506 e. The van der Waals surface area contributed by atoms with Crippen molar-refractivity contribution in [2.45, 2.75) is 13.0 Å². The van der Waals surface area contributed by atoms with Gasteiger partial charge in [0.2, 0.25) is 0 Å². The number of aryl methyl sites for hydroxylation is 1. The van der Waals surface area contributed by atoms with Crippen molar-refractivity contribution < 1.29 is 15.0 Å². The van der Waals surface area contributed by atoms with Crippen molar-refractivity contribution in [3.05, 3.63) is 27.7 Å².